The van der Waals surface area contributed by atoms with Gasteiger partial charge in [0.1, 0.15) is 0 Å². The van der Waals surface area contributed by atoms with E-state index in [-0.39, 0.29) is 0 Å². The molecule has 0 bridgehead atoms. The molecule has 2 heterocycles. The van der Waals surface area contributed by atoms with Crippen molar-refractivity contribution < 1.29 is 0 Å². The molecule has 0 amide bonds. The van der Waals surface area contributed by atoms with Gasteiger partial charge < -0.3 is 5.73 Å². The molecule has 64 valence electrons. The molecule has 0 aromatic carbocycles. The van der Waals surface area contributed by atoms with E-state index >= 15 is 0 Å². The Balaban J connectivity index is 2.53. The molecule has 0 spiro atoms. The lowest BCUT2D eigenvalue weighted by Crippen LogP contribution is -1.95. The van der Waals surface area contributed by atoms with Gasteiger partial charge in [-0.2, -0.15) is 4.52 Å². The maximum atomic E-state index is 5.52. The number of aromatic nitrogens is 4. The van der Waals surface area contributed by atoms with E-state index in [9.17, 15) is 0 Å². The summed E-state index contributed by atoms with van der Waals surface area (Å²) in [5.74, 6) is 0.889. The number of nitrogen functional groups attached to an aromatic ring is 1. The lowest BCUT2D eigenvalue weighted by atomic mass is 10.3. The standard InChI is InChI=1S/C6H9N5S/c1-2-3-4-8-9-6-11(4)10-5(7)12-6/h2-3H2,1H3,(H2,7,10). The van der Waals surface area contributed by atoms with Crippen molar-refractivity contribution in [1.82, 2.24) is 19.8 Å². The summed E-state index contributed by atoms with van der Waals surface area (Å²) in [4.78, 5) is 0.774. The molecule has 0 aliphatic heterocycles. The van der Waals surface area contributed by atoms with Gasteiger partial charge in [0, 0.05) is 6.42 Å². The Morgan fingerprint density at radius 1 is 1.50 bits per heavy atom. The van der Waals surface area contributed by atoms with Crippen LogP contribution in [0.25, 0.3) is 4.96 Å². The van der Waals surface area contributed by atoms with Crippen LogP contribution in [0.5, 0.6) is 0 Å². The number of rotatable bonds is 2. The molecule has 0 aliphatic carbocycles. The molecule has 2 N–H and O–H groups in total. The van der Waals surface area contributed by atoms with Crippen LogP contribution in [0.15, 0.2) is 0 Å². The largest absolute Gasteiger partial charge is 0.374 e. The van der Waals surface area contributed by atoms with Crippen molar-refractivity contribution in [2.24, 2.45) is 0 Å². The van der Waals surface area contributed by atoms with Gasteiger partial charge in [-0.15, -0.1) is 15.3 Å². The Bertz CT molecular complexity index is 389. The van der Waals surface area contributed by atoms with Crippen molar-refractivity contribution in [1.29, 1.82) is 0 Å². The van der Waals surface area contributed by atoms with Crippen molar-refractivity contribution >= 4 is 21.4 Å². The minimum atomic E-state index is 0.539. The summed E-state index contributed by atoms with van der Waals surface area (Å²) in [6.07, 6.45) is 1.93. The number of nitrogens with zero attached hydrogens (tertiary/aromatic N) is 4. The summed E-state index contributed by atoms with van der Waals surface area (Å²) in [7, 11) is 0. The zero-order valence-corrected chi connectivity index (χ0v) is 7.51. The van der Waals surface area contributed by atoms with Crippen LogP contribution in [0, 0.1) is 0 Å². The molecule has 0 atom stereocenters. The summed E-state index contributed by atoms with van der Waals surface area (Å²) in [6, 6.07) is 0. The van der Waals surface area contributed by atoms with Gasteiger partial charge in [0.2, 0.25) is 10.1 Å². The van der Waals surface area contributed by atoms with Crippen LogP contribution in [-0.4, -0.2) is 19.8 Å². The molecule has 0 fully saturated rings. The molecule has 12 heavy (non-hydrogen) atoms. The molecule has 0 saturated heterocycles. The fourth-order valence-electron chi connectivity index (χ4n) is 1.05. The first-order chi connectivity index (χ1) is 5.81. The van der Waals surface area contributed by atoms with Crippen molar-refractivity contribution in [2.75, 3.05) is 5.73 Å². The number of hydrogen-bond donors (Lipinski definition) is 1. The van der Waals surface area contributed by atoms with Crippen LogP contribution in [0.3, 0.4) is 0 Å². The van der Waals surface area contributed by atoms with Crippen LogP contribution in [-0.2, 0) is 6.42 Å². The maximum absolute atomic E-state index is 5.52. The van der Waals surface area contributed by atoms with Gasteiger partial charge in [-0.25, -0.2) is 0 Å². The smallest absolute Gasteiger partial charge is 0.236 e. The van der Waals surface area contributed by atoms with Gasteiger partial charge in [0.05, 0.1) is 0 Å². The molecule has 0 radical (unpaired) electrons. The summed E-state index contributed by atoms with van der Waals surface area (Å²) >= 11 is 1.35. The van der Waals surface area contributed by atoms with E-state index in [1.807, 2.05) is 0 Å². The fourth-order valence-corrected chi connectivity index (χ4v) is 1.68. The second-order valence-corrected chi connectivity index (χ2v) is 3.49. The average Bonchev–Trinajstić information content (AvgIpc) is 2.52. The van der Waals surface area contributed by atoms with E-state index in [2.05, 4.69) is 22.2 Å². The predicted octanol–water partition coefficient (Wildman–Crippen LogP) is 0.721. The summed E-state index contributed by atoms with van der Waals surface area (Å²) in [6.45, 7) is 2.09. The lowest BCUT2D eigenvalue weighted by Gasteiger charge is -1.89. The summed E-state index contributed by atoms with van der Waals surface area (Å²) < 4.78 is 1.71. The van der Waals surface area contributed by atoms with Gasteiger partial charge in [0.25, 0.3) is 0 Å². The molecule has 0 aliphatic rings. The third kappa shape index (κ3) is 1.04. The normalized spacial score (nSPS) is 11.1. The van der Waals surface area contributed by atoms with E-state index in [0.717, 1.165) is 23.6 Å². The Hall–Kier alpha value is -1.17. The molecule has 6 heteroatoms. The monoisotopic (exact) mass is 183 g/mol. The first kappa shape index (κ1) is 7.48. The summed E-state index contributed by atoms with van der Waals surface area (Å²) in [5, 5.41) is 12.6. The quantitative estimate of drug-likeness (QED) is 0.744. The van der Waals surface area contributed by atoms with Crippen LogP contribution in [0.2, 0.25) is 0 Å². The highest BCUT2D eigenvalue weighted by atomic mass is 32.1. The number of nitrogens with two attached hydrogens (primary N) is 1. The van der Waals surface area contributed by atoms with E-state index < -0.39 is 0 Å². The van der Waals surface area contributed by atoms with Crippen molar-refractivity contribution in [3.05, 3.63) is 5.82 Å². The number of anilines is 1. The minimum absolute atomic E-state index is 0.539. The molecule has 2 rings (SSSR count). The zero-order chi connectivity index (χ0) is 8.55. The average molecular weight is 183 g/mol. The van der Waals surface area contributed by atoms with Crippen molar-refractivity contribution in [3.63, 3.8) is 0 Å². The maximum Gasteiger partial charge on any atom is 0.236 e. The fraction of sp³-hybridized carbons (Fsp3) is 0.500. The second kappa shape index (κ2) is 2.71. The molecule has 0 unspecified atom stereocenters. The van der Waals surface area contributed by atoms with Crippen LogP contribution in [0.4, 0.5) is 5.13 Å². The molecular weight excluding hydrogens is 174 g/mol. The Labute approximate surface area is 73.2 Å². The van der Waals surface area contributed by atoms with E-state index in [4.69, 9.17) is 5.73 Å². The van der Waals surface area contributed by atoms with Crippen LogP contribution < -0.4 is 5.73 Å². The molecule has 0 saturated carbocycles. The first-order valence-electron chi connectivity index (χ1n) is 3.78. The Morgan fingerprint density at radius 2 is 2.33 bits per heavy atom. The minimum Gasteiger partial charge on any atom is -0.374 e. The Morgan fingerprint density at radius 3 is 3.08 bits per heavy atom. The molecular formula is C6H9N5S. The van der Waals surface area contributed by atoms with E-state index in [0.29, 0.717) is 5.13 Å². The second-order valence-electron chi connectivity index (χ2n) is 2.50. The highest BCUT2D eigenvalue weighted by molar-refractivity contribution is 7.20. The third-order valence-corrected chi connectivity index (χ3v) is 2.27. The van der Waals surface area contributed by atoms with Gasteiger partial charge >= 0.3 is 0 Å². The number of fused-ring (bicyclic) bond motifs is 1. The number of aryl methyl sites for hydroxylation is 1. The van der Waals surface area contributed by atoms with Crippen LogP contribution in [0.1, 0.15) is 19.2 Å². The van der Waals surface area contributed by atoms with Gasteiger partial charge in [-0.1, -0.05) is 18.3 Å². The molecule has 2 aromatic heterocycles. The van der Waals surface area contributed by atoms with Crippen molar-refractivity contribution in [3.8, 4) is 0 Å². The first-order valence-corrected chi connectivity index (χ1v) is 4.59. The molecule has 5 nitrogen and oxygen atoms in total. The summed E-state index contributed by atoms with van der Waals surface area (Å²) in [5.41, 5.74) is 5.52. The molecule has 2 aromatic rings. The highest BCUT2D eigenvalue weighted by Crippen LogP contribution is 2.15. The zero-order valence-electron chi connectivity index (χ0n) is 6.69. The van der Waals surface area contributed by atoms with E-state index in [1.165, 1.54) is 11.3 Å². The predicted molar refractivity (Wildman–Crippen MR) is 47.1 cm³/mol. The van der Waals surface area contributed by atoms with Crippen LogP contribution >= 0.6 is 11.3 Å². The van der Waals surface area contributed by atoms with Gasteiger partial charge in [-0.05, 0) is 6.42 Å². The Kier molecular flexibility index (Phi) is 1.69. The van der Waals surface area contributed by atoms with Gasteiger partial charge in [0.15, 0.2) is 5.82 Å². The third-order valence-electron chi connectivity index (χ3n) is 1.54. The highest BCUT2D eigenvalue weighted by Gasteiger charge is 2.08. The van der Waals surface area contributed by atoms with Gasteiger partial charge in [-0.3, -0.25) is 0 Å². The lowest BCUT2D eigenvalue weighted by molar-refractivity contribution is 0.779. The van der Waals surface area contributed by atoms with Crippen molar-refractivity contribution in [2.45, 2.75) is 19.8 Å². The SMILES string of the molecule is CCCc1nnc2sc(N)nn12. The number of hydrogen-bond acceptors (Lipinski definition) is 5. The topological polar surface area (TPSA) is 69.1 Å². The van der Waals surface area contributed by atoms with E-state index in [1.54, 1.807) is 4.52 Å².